The summed E-state index contributed by atoms with van der Waals surface area (Å²) in [5.41, 5.74) is 0. The minimum absolute atomic E-state index is 0.115. The Labute approximate surface area is 127 Å². The number of nitrogens with zero attached hydrogens (tertiary/aromatic N) is 5. The van der Waals surface area contributed by atoms with E-state index < -0.39 is 0 Å². The first-order chi connectivity index (χ1) is 10.8. The molecule has 1 aliphatic rings. The minimum Gasteiger partial charge on any atom is -0.480 e. The SMILES string of the molecule is COc1ccc(O[C@@H]2CCN(C(=O)c3ncccn3)C2)nn1. The van der Waals surface area contributed by atoms with Crippen molar-refractivity contribution in [2.45, 2.75) is 12.5 Å². The Morgan fingerprint density at radius 2 is 1.95 bits per heavy atom. The number of ether oxygens (including phenoxy) is 2. The van der Waals surface area contributed by atoms with Crippen molar-refractivity contribution in [2.75, 3.05) is 20.2 Å². The Bertz CT molecular complexity index is 635. The Morgan fingerprint density at radius 1 is 1.23 bits per heavy atom. The van der Waals surface area contributed by atoms with Crippen LogP contribution in [-0.4, -0.2) is 57.3 Å². The molecule has 0 spiro atoms. The van der Waals surface area contributed by atoms with Crippen LogP contribution in [0.1, 0.15) is 17.0 Å². The van der Waals surface area contributed by atoms with Crippen molar-refractivity contribution in [3.63, 3.8) is 0 Å². The molecule has 1 atom stereocenters. The van der Waals surface area contributed by atoms with E-state index in [0.717, 1.165) is 6.42 Å². The standard InChI is InChI=1S/C14H15N5O3/c1-21-11-3-4-12(18-17-11)22-10-5-8-19(9-10)14(20)13-15-6-2-7-16-13/h2-4,6-7,10H,5,8-9H2,1H3/t10-/m1/s1. The number of aromatic nitrogens is 4. The van der Waals surface area contributed by atoms with Gasteiger partial charge in [0, 0.05) is 37.5 Å². The van der Waals surface area contributed by atoms with Crippen molar-refractivity contribution in [2.24, 2.45) is 0 Å². The second-order valence-electron chi connectivity index (χ2n) is 4.77. The lowest BCUT2D eigenvalue weighted by Crippen LogP contribution is -2.32. The fraction of sp³-hybridized carbons (Fsp3) is 0.357. The first-order valence-corrected chi connectivity index (χ1v) is 6.87. The largest absolute Gasteiger partial charge is 0.480 e. The van der Waals surface area contributed by atoms with Crippen molar-refractivity contribution in [3.8, 4) is 11.8 Å². The van der Waals surface area contributed by atoms with Crippen molar-refractivity contribution in [1.82, 2.24) is 25.1 Å². The van der Waals surface area contributed by atoms with Crippen molar-refractivity contribution in [3.05, 3.63) is 36.4 Å². The summed E-state index contributed by atoms with van der Waals surface area (Å²) in [5, 5.41) is 7.76. The van der Waals surface area contributed by atoms with Gasteiger partial charge in [-0.15, -0.1) is 10.2 Å². The van der Waals surface area contributed by atoms with Gasteiger partial charge in [0.1, 0.15) is 6.10 Å². The number of rotatable bonds is 4. The summed E-state index contributed by atoms with van der Waals surface area (Å²) in [6.45, 7) is 1.08. The van der Waals surface area contributed by atoms with Gasteiger partial charge in [-0.25, -0.2) is 9.97 Å². The number of carbonyl (C=O) groups excluding carboxylic acids is 1. The van der Waals surface area contributed by atoms with Crippen LogP contribution in [0.2, 0.25) is 0 Å². The van der Waals surface area contributed by atoms with Crippen LogP contribution in [0.25, 0.3) is 0 Å². The monoisotopic (exact) mass is 301 g/mol. The van der Waals surface area contributed by atoms with E-state index >= 15 is 0 Å². The van der Waals surface area contributed by atoms with Gasteiger partial charge >= 0.3 is 0 Å². The third-order valence-corrected chi connectivity index (χ3v) is 3.30. The Kier molecular flexibility index (Phi) is 4.08. The molecule has 0 unspecified atom stereocenters. The molecule has 1 amide bonds. The highest BCUT2D eigenvalue weighted by molar-refractivity contribution is 5.90. The van der Waals surface area contributed by atoms with Crippen LogP contribution < -0.4 is 9.47 Å². The van der Waals surface area contributed by atoms with E-state index in [-0.39, 0.29) is 17.8 Å². The lowest BCUT2D eigenvalue weighted by atomic mass is 10.3. The van der Waals surface area contributed by atoms with E-state index in [0.29, 0.717) is 24.8 Å². The van der Waals surface area contributed by atoms with Crippen LogP contribution in [0.3, 0.4) is 0 Å². The normalized spacial score (nSPS) is 17.3. The highest BCUT2D eigenvalue weighted by atomic mass is 16.5. The van der Waals surface area contributed by atoms with E-state index in [4.69, 9.17) is 9.47 Å². The predicted octanol–water partition coefficient (Wildman–Crippen LogP) is 0.569. The molecule has 0 bridgehead atoms. The summed E-state index contributed by atoms with van der Waals surface area (Å²) in [5.74, 6) is 0.854. The van der Waals surface area contributed by atoms with Crippen molar-refractivity contribution in [1.29, 1.82) is 0 Å². The molecule has 8 nitrogen and oxygen atoms in total. The second-order valence-corrected chi connectivity index (χ2v) is 4.77. The maximum atomic E-state index is 12.2. The molecule has 0 aromatic carbocycles. The number of hydrogen-bond donors (Lipinski definition) is 0. The Morgan fingerprint density at radius 3 is 2.64 bits per heavy atom. The molecular weight excluding hydrogens is 286 g/mol. The molecule has 0 saturated carbocycles. The molecule has 1 saturated heterocycles. The molecule has 8 heteroatoms. The van der Waals surface area contributed by atoms with Gasteiger partial charge in [0.2, 0.25) is 17.6 Å². The van der Waals surface area contributed by atoms with Crippen LogP contribution in [0.5, 0.6) is 11.8 Å². The fourth-order valence-corrected chi connectivity index (χ4v) is 2.21. The van der Waals surface area contributed by atoms with E-state index in [1.807, 2.05) is 0 Å². The van der Waals surface area contributed by atoms with Gasteiger partial charge < -0.3 is 14.4 Å². The van der Waals surface area contributed by atoms with Crippen LogP contribution >= 0.6 is 0 Å². The smallest absolute Gasteiger partial charge is 0.291 e. The van der Waals surface area contributed by atoms with Crippen molar-refractivity contribution < 1.29 is 14.3 Å². The fourth-order valence-electron chi connectivity index (χ4n) is 2.21. The van der Waals surface area contributed by atoms with Gasteiger partial charge in [0.15, 0.2) is 0 Å². The van der Waals surface area contributed by atoms with Gasteiger partial charge in [-0.2, -0.15) is 0 Å². The molecule has 2 aromatic rings. The third-order valence-electron chi connectivity index (χ3n) is 3.30. The number of hydrogen-bond acceptors (Lipinski definition) is 7. The highest BCUT2D eigenvalue weighted by Gasteiger charge is 2.29. The molecule has 3 heterocycles. The molecule has 114 valence electrons. The zero-order valence-electron chi connectivity index (χ0n) is 12.0. The summed E-state index contributed by atoms with van der Waals surface area (Å²) < 4.78 is 10.7. The lowest BCUT2D eigenvalue weighted by molar-refractivity contribution is 0.0759. The van der Waals surface area contributed by atoms with E-state index in [1.54, 1.807) is 35.5 Å². The Balaban J connectivity index is 1.59. The first-order valence-electron chi connectivity index (χ1n) is 6.87. The van der Waals surface area contributed by atoms with E-state index in [9.17, 15) is 4.79 Å². The summed E-state index contributed by atoms with van der Waals surface area (Å²) in [6.07, 6.45) is 3.72. The number of amides is 1. The molecule has 1 fully saturated rings. The lowest BCUT2D eigenvalue weighted by Gasteiger charge is -2.15. The predicted molar refractivity (Wildman–Crippen MR) is 75.6 cm³/mol. The van der Waals surface area contributed by atoms with Gasteiger partial charge in [0.05, 0.1) is 13.7 Å². The average molecular weight is 301 g/mol. The molecule has 2 aromatic heterocycles. The summed E-state index contributed by atoms with van der Waals surface area (Å²) >= 11 is 0. The molecule has 0 N–H and O–H groups in total. The van der Waals surface area contributed by atoms with Crippen LogP contribution in [0.15, 0.2) is 30.6 Å². The van der Waals surface area contributed by atoms with Crippen LogP contribution in [-0.2, 0) is 0 Å². The number of likely N-dealkylation sites (tertiary alicyclic amines) is 1. The topological polar surface area (TPSA) is 90.3 Å². The van der Waals surface area contributed by atoms with Gasteiger partial charge in [-0.1, -0.05) is 0 Å². The molecular formula is C14H15N5O3. The van der Waals surface area contributed by atoms with Gasteiger partial charge in [0.25, 0.3) is 5.91 Å². The van der Waals surface area contributed by atoms with Gasteiger partial charge in [-0.3, -0.25) is 4.79 Å². The first kappa shape index (κ1) is 14.2. The third kappa shape index (κ3) is 3.11. The second kappa shape index (κ2) is 6.33. The quantitative estimate of drug-likeness (QED) is 0.815. The molecule has 0 radical (unpaired) electrons. The highest BCUT2D eigenvalue weighted by Crippen LogP contribution is 2.18. The molecule has 22 heavy (non-hydrogen) atoms. The van der Waals surface area contributed by atoms with E-state index in [1.165, 1.54) is 7.11 Å². The zero-order valence-corrected chi connectivity index (χ0v) is 12.0. The summed E-state index contributed by atoms with van der Waals surface area (Å²) in [4.78, 5) is 21.9. The van der Waals surface area contributed by atoms with Crippen molar-refractivity contribution >= 4 is 5.91 Å². The zero-order chi connectivity index (χ0) is 15.4. The molecule has 3 rings (SSSR count). The van der Waals surface area contributed by atoms with Gasteiger partial charge in [-0.05, 0) is 6.07 Å². The minimum atomic E-state index is -0.187. The summed E-state index contributed by atoms with van der Waals surface area (Å²) in [7, 11) is 1.52. The van der Waals surface area contributed by atoms with Crippen LogP contribution in [0, 0.1) is 0 Å². The number of methoxy groups -OCH3 is 1. The maximum Gasteiger partial charge on any atom is 0.291 e. The van der Waals surface area contributed by atoms with Crippen LogP contribution in [0.4, 0.5) is 0 Å². The van der Waals surface area contributed by atoms with E-state index in [2.05, 4.69) is 20.2 Å². The number of carbonyl (C=O) groups is 1. The summed E-state index contributed by atoms with van der Waals surface area (Å²) in [6, 6.07) is 5.05. The Hall–Kier alpha value is -2.77. The molecule has 0 aliphatic carbocycles. The maximum absolute atomic E-state index is 12.2. The molecule has 1 aliphatic heterocycles. The average Bonchev–Trinajstić information content (AvgIpc) is 3.04.